The molecule has 0 saturated heterocycles. The number of amides is 1. The van der Waals surface area contributed by atoms with Crippen LogP contribution in [0.4, 0.5) is 0 Å². The molecule has 2 aromatic carbocycles. The first-order valence-corrected chi connectivity index (χ1v) is 8.32. The average molecular weight is 327 g/mol. The van der Waals surface area contributed by atoms with Gasteiger partial charge in [0.15, 0.2) is 6.10 Å². The zero-order chi connectivity index (χ0) is 17.5. The van der Waals surface area contributed by atoms with Gasteiger partial charge in [0.2, 0.25) is 0 Å². The van der Waals surface area contributed by atoms with Crippen molar-refractivity contribution in [2.75, 3.05) is 7.05 Å². The van der Waals surface area contributed by atoms with Gasteiger partial charge in [0.05, 0.1) is 0 Å². The Bertz CT molecular complexity index is 697. The fraction of sp³-hybridized carbons (Fsp3) is 0.350. The van der Waals surface area contributed by atoms with Gasteiger partial charge in [-0.25, -0.2) is 0 Å². The van der Waals surface area contributed by atoms with Crippen LogP contribution in [0.2, 0.25) is 0 Å². The molecule has 1 unspecified atom stereocenters. The zero-order valence-electron chi connectivity index (χ0n) is 14.5. The minimum atomic E-state index is -1.19. The third kappa shape index (κ3) is 4.15. The van der Waals surface area contributed by atoms with E-state index in [1.165, 1.54) is 12.6 Å². The van der Waals surface area contributed by atoms with E-state index in [0.29, 0.717) is 12.2 Å². The molecule has 0 saturated carbocycles. The van der Waals surface area contributed by atoms with E-state index < -0.39 is 12.0 Å². The zero-order valence-corrected chi connectivity index (χ0v) is 14.5. The van der Waals surface area contributed by atoms with E-state index in [1.807, 2.05) is 12.1 Å². The Morgan fingerprint density at radius 2 is 1.88 bits per heavy atom. The minimum absolute atomic E-state index is 0.310. The molecule has 0 aliphatic heterocycles. The summed E-state index contributed by atoms with van der Waals surface area (Å²) in [6, 6.07) is 13.6. The van der Waals surface area contributed by atoms with Crippen LogP contribution in [0.1, 0.15) is 42.2 Å². The van der Waals surface area contributed by atoms with E-state index in [1.54, 1.807) is 12.1 Å². The molecule has 4 heteroatoms. The summed E-state index contributed by atoms with van der Waals surface area (Å²) in [6.45, 7) is 4.52. The molecule has 0 radical (unpaired) electrons. The van der Waals surface area contributed by atoms with E-state index in [-0.39, 0.29) is 0 Å². The lowest BCUT2D eigenvalue weighted by molar-refractivity contribution is -0.129. The molecule has 1 amide bonds. The minimum Gasteiger partial charge on any atom is -0.489 e. The van der Waals surface area contributed by atoms with E-state index in [9.17, 15) is 9.90 Å². The summed E-state index contributed by atoms with van der Waals surface area (Å²) in [5, 5.41) is 12.7. The Balaban J connectivity index is 2.22. The predicted molar refractivity (Wildman–Crippen MR) is 95.0 cm³/mol. The molecular formula is C20H25NO3. The van der Waals surface area contributed by atoms with Crippen LogP contribution in [0.25, 0.3) is 0 Å². The number of rotatable bonds is 7. The first-order valence-electron chi connectivity index (χ1n) is 8.32. The number of likely N-dealkylation sites (N-methyl/N-ethyl adjacent to an activating group) is 1. The van der Waals surface area contributed by atoms with Crippen LogP contribution in [0, 0.1) is 0 Å². The molecule has 0 aliphatic rings. The number of ether oxygens (including phenoxy) is 1. The van der Waals surface area contributed by atoms with Crippen molar-refractivity contribution in [2.24, 2.45) is 0 Å². The lowest BCUT2D eigenvalue weighted by atomic mass is 10.0. The molecule has 2 rings (SSSR count). The number of carbonyl (C=O) groups is 1. The lowest BCUT2D eigenvalue weighted by Gasteiger charge is -2.16. The molecule has 1 atom stereocenters. The summed E-state index contributed by atoms with van der Waals surface area (Å²) in [6.07, 6.45) is 0.649. The van der Waals surface area contributed by atoms with Crippen molar-refractivity contribution in [1.29, 1.82) is 0 Å². The van der Waals surface area contributed by atoms with Crippen LogP contribution in [0.3, 0.4) is 0 Å². The topological polar surface area (TPSA) is 58.6 Å². The maximum atomic E-state index is 11.7. The highest BCUT2D eigenvalue weighted by Crippen LogP contribution is 2.25. The van der Waals surface area contributed by atoms with Crippen molar-refractivity contribution >= 4 is 5.91 Å². The normalized spacial score (nSPS) is 11.8. The summed E-state index contributed by atoms with van der Waals surface area (Å²) in [7, 11) is 1.51. The van der Waals surface area contributed by atoms with Crippen molar-refractivity contribution in [3.8, 4) is 5.75 Å². The second-order valence-corrected chi connectivity index (χ2v) is 5.65. The van der Waals surface area contributed by atoms with Crippen LogP contribution in [-0.4, -0.2) is 18.1 Å². The maximum Gasteiger partial charge on any atom is 0.253 e. The molecule has 2 aromatic rings. The number of carbonyl (C=O) groups excluding carboxylic acids is 1. The molecule has 0 fully saturated rings. The number of aryl methyl sites for hydroxylation is 2. The SMILES string of the molecule is CCc1ccc(CC)c(OCc2ccccc2C(O)C(=O)NC)c1. The Hall–Kier alpha value is -2.33. The van der Waals surface area contributed by atoms with Crippen LogP contribution >= 0.6 is 0 Å². The summed E-state index contributed by atoms with van der Waals surface area (Å²) in [4.78, 5) is 11.7. The van der Waals surface area contributed by atoms with Gasteiger partial charge in [-0.2, -0.15) is 0 Å². The Kier molecular flexibility index (Phi) is 6.38. The van der Waals surface area contributed by atoms with Gasteiger partial charge in [-0.1, -0.05) is 50.2 Å². The predicted octanol–water partition coefficient (Wildman–Crippen LogP) is 3.17. The smallest absolute Gasteiger partial charge is 0.253 e. The molecule has 4 nitrogen and oxygen atoms in total. The van der Waals surface area contributed by atoms with Crippen LogP contribution in [-0.2, 0) is 24.2 Å². The molecule has 0 spiro atoms. The number of aliphatic hydroxyl groups is 1. The Morgan fingerprint density at radius 3 is 2.54 bits per heavy atom. The summed E-state index contributed by atoms with van der Waals surface area (Å²) in [5.41, 5.74) is 3.75. The van der Waals surface area contributed by atoms with Gasteiger partial charge in [-0.15, -0.1) is 0 Å². The van der Waals surface area contributed by atoms with Crippen molar-refractivity contribution in [2.45, 2.75) is 39.4 Å². The fourth-order valence-corrected chi connectivity index (χ4v) is 2.61. The molecule has 128 valence electrons. The monoisotopic (exact) mass is 327 g/mol. The lowest BCUT2D eigenvalue weighted by Crippen LogP contribution is -2.26. The van der Waals surface area contributed by atoms with Crippen LogP contribution < -0.4 is 10.1 Å². The Morgan fingerprint density at radius 1 is 1.12 bits per heavy atom. The molecule has 0 aliphatic carbocycles. The average Bonchev–Trinajstić information content (AvgIpc) is 2.64. The first kappa shape index (κ1) is 18.0. The largest absolute Gasteiger partial charge is 0.489 e. The summed E-state index contributed by atoms with van der Waals surface area (Å²) < 4.78 is 6.02. The summed E-state index contributed by atoms with van der Waals surface area (Å²) in [5.74, 6) is 0.436. The number of hydrogen-bond donors (Lipinski definition) is 2. The van der Waals surface area contributed by atoms with Gasteiger partial charge < -0.3 is 15.2 Å². The van der Waals surface area contributed by atoms with E-state index in [2.05, 4.69) is 37.4 Å². The summed E-state index contributed by atoms with van der Waals surface area (Å²) >= 11 is 0. The molecule has 24 heavy (non-hydrogen) atoms. The number of nitrogens with one attached hydrogen (secondary N) is 1. The van der Waals surface area contributed by atoms with Crippen molar-refractivity contribution in [1.82, 2.24) is 5.32 Å². The van der Waals surface area contributed by atoms with Gasteiger partial charge in [0.1, 0.15) is 12.4 Å². The number of benzene rings is 2. The van der Waals surface area contributed by atoms with Gasteiger partial charge in [0, 0.05) is 7.05 Å². The van der Waals surface area contributed by atoms with E-state index >= 15 is 0 Å². The second-order valence-electron chi connectivity index (χ2n) is 5.65. The van der Waals surface area contributed by atoms with E-state index in [4.69, 9.17) is 4.74 Å². The third-order valence-electron chi connectivity index (χ3n) is 4.15. The fourth-order valence-electron chi connectivity index (χ4n) is 2.61. The standard InChI is InChI=1S/C20H25NO3/c1-4-14-10-11-15(5-2)18(12-14)24-13-16-8-6-7-9-17(16)19(22)20(23)21-3/h6-12,19,22H,4-5,13H2,1-3H3,(H,21,23). The van der Waals surface area contributed by atoms with E-state index in [0.717, 1.165) is 29.7 Å². The highest BCUT2D eigenvalue weighted by atomic mass is 16.5. The highest BCUT2D eigenvalue weighted by Gasteiger charge is 2.19. The first-order chi connectivity index (χ1) is 11.6. The highest BCUT2D eigenvalue weighted by molar-refractivity contribution is 5.82. The second kappa shape index (κ2) is 8.50. The number of hydrogen-bond acceptors (Lipinski definition) is 3. The molecule has 0 aromatic heterocycles. The van der Waals surface area contributed by atoms with Crippen LogP contribution in [0.5, 0.6) is 5.75 Å². The molecule has 2 N–H and O–H groups in total. The maximum absolute atomic E-state index is 11.7. The van der Waals surface area contributed by atoms with Crippen molar-refractivity contribution in [3.63, 3.8) is 0 Å². The van der Waals surface area contributed by atoms with Crippen molar-refractivity contribution < 1.29 is 14.6 Å². The van der Waals surface area contributed by atoms with Gasteiger partial charge in [-0.05, 0) is 41.2 Å². The molecular weight excluding hydrogens is 302 g/mol. The Labute approximate surface area is 143 Å². The number of aliphatic hydroxyl groups excluding tert-OH is 1. The van der Waals surface area contributed by atoms with Gasteiger partial charge in [0.25, 0.3) is 5.91 Å². The molecule has 0 bridgehead atoms. The van der Waals surface area contributed by atoms with Crippen molar-refractivity contribution in [3.05, 3.63) is 64.7 Å². The van der Waals surface area contributed by atoms with Gasteiger partial charge >= 0.3 is 0 Å². The van der Waals surface area contributed by atoms with Crippen LogP contribution in [0.15, 0.2) is 42.5 Å². The molecule has 0 heterocycles. The van der Waals surface area contributed by atoms with Gasteiger partial charge in [-0.3, -0.25) is 4.79 Å². The quantitative estimate of drug-likeness (QED) is 0.821. The third-order valence-corrected chi connectivity index (χ3v) is 4.15.